The third kappa shape index (κ3) is 6.11. The molecule has 12 atom stereocenters. The second kappa shape index (κ2) is 13.5. The standard InChI is InChI=1S/C45H68N2O6/c1-25(16-34(50)40-45(8,53-40)29-12-10-11-13-29)37-32-14-15-36-42(5)20-31(28-17-27(24-46-9)18-30(49)19-28)39(52)41(3,4)38(42)33(47-23-26(2)48)21-44(36,7)43(32,6)22-35(37)51/h17-19,25-26,29,31,33-34,36,38,40,46-50H,10-16,20-24H2,1-9H3. The van der Waals surface area contributed by atoms with E-state index in [9.17, 15) is 24.9 Å². The number of allylic oxidation sites excluding steroid dienone is 2. The average Bonchev–Trinajstić information content (AvgIpc) is 3.36. The van der Waals surface area contributed by atoms with Crippen LogP contribution in [0.4, 0.5) is 0 Å². The molecule has 5 aliphatic carbocycles. The number of aromatic hydroxyl groups is 1. The van der Waals surface area contributed by atoms with Crippen LogP contribution in [0.15, 0.2) is 29.3 Å². The van der Waals surface area contributed by atoms with Crippen LogP contribution in [0.5, 0.6) is 5.75 Å². The van der Waals surface area contributed by atoms with E-state index < -0.39 is 17.6 Å². The number of fused-ring (bicyclic) bond motifs is 5. The van der Waals surface area contributed by atoms with Gasteiger partial charge in [0.05, 0.1) is 17.8 Å². The monoisotopic (exact) mass is 733 g/mol. The van der Waals surface area contributed by atoms with E-state index in [0.717, 1.165) is 36.0 Å². The van der Waals surface area contributed by atoms with Gasteiger partial charge in [-0.25, -0.2) is 0 Å². The van der Waals surface area contributed by atoms with Crippen LogP contribution in [0, 0.1) is 45.3 Å². The van der Waals surface area contributed by atoms with E-state index in [-0.39, 0.29) is 75.0 Å². The van der Waals surface area contributed by atoms with E-state index in [1.807, 2.05) is 7.05 Å². The number of benzene rings is 1. The lowest BCUT2D eigenvalue weighted by Gasteiger charge is -2.70. The Bertz CT molecular complexity index is 1650. The molecule has 0 radical (unpaired) electrons. The van der Waals surface area contributed by atoms with Crippen molar-refractivity contribution < 1.29 is 29.6 Å². The maximum Gasteiger partial charge on any atom is 0.159 e. The molecule has 0 spiro atoms. The first-order valence-corrected chi connectivity index (χ1v) is 20.9. The Morgan fingerprint density at radius 1 is 0.962 bits per heavy atom. The van der Waals surface area contributed by atoms with Crippen LogP contribution >= 0.6 is 0 Å². The largest absolute Gasteiger partial charge is 0.508 e. The first-order chi connectivity index (χ1) is 24.8. The van der Waals surface area contributed by atoms with Crippen LogP contribution in [0.2, 0.25) is 0 Å². The van der Waals surface area contributed by atoms with Gasteiger partial charge in [-0.15, -0.1) is 0 Å². The molecule has 1 aliphatic heterocycles. The third-order valence-electron chi connectivity index (χ3n) is 16.4. The summed E-state index contributed by atoms with van der Waals surface area (Å²) in [6.45, 7) is 18.6. The number of aliphatic hydroxyl groups is 2. The van der Waals surface area contributed by atoms with Crippen molar-refractivity contribution >= 4 is 11.6 Å². The summed E-state index contributed by atoms with van der Waals surface area (Å²) in [5.41, 5.74) is 2.29. The number of nitrogens with one attached hydrogen (secondary N) is 2. The molecule has 8 nitrogen and oxygen atoms in total. The van der Waals surface area contributed by atoms with Gasteiger partial charge < -0.3 is 30.7 Å². The number of ether oxygens (including phenoxy) is 1. The van der Waals surface area contributed by atoms with Gasteiger partial charge in [0.2, 0.25) is 0 Å². The molecule has 7 rings (SSSR count). The number of rotatable bonds is 11. The highest BCUT2D eigenvalue weighted by Gasteiger charge is 2.71. The molecule has 4 saturated carbocycles. The highest BCUT2D eigenvalue weighted by molar-refractivity contribution is 6.00. The van der Waals surface area contributed by atoms with E-state index in [1.165, 1.54) is 31.3 Å². The number of aliphatic hydroxyl groups excluding tert-OH is 2. The molecule has 1 aromatic rings. The molecule has 0 bridgehead atoms. The molecular weight excluding hydrogens is 665 g/mol. The fraction of sp³-hybridized carbons (Fsp3) is 0.778. The molecular formula is C45H68N2O6. The van der Waals surface area contributed by atoms with Gasteiger partial charge in [-0.3, -0.25) is 9.59 Å². The molecule has 294 valence electrons. The van der Waals surface area contributed by atoms with E-state index in [2.05, 4.69) is 65.2 Å². The van der Waals surface area contributed by atoms with Crippen molar-refractivity contribution in [3.63, 3.8) is 0 Å². The Morgan fingerprint density at radius 3 is 2.32 bits per heavy atom. The first kappa shape index (κ1) is 39.1. The molecule has 12 unspecified atom stereocenters. The van der Waals surface area contributed by atoms with Crippen molar-refractivity contribution in [2.45, 2.75) is 162 Å². The minimum Gasteiger partial charge on any atom is -0.508 e. The SMILES string of the molecule is CNCc1cc(O)cc(C2CC3(C)C(C(NCC(C)O)CC4(C)C3CCC3=C(C(C)CC(O)C5OC5(C)C5CCCC5)C(=O)CC34C)C(C)(C)C2=O)c1. The Balaban J connectivity index is 1.24. The van der Waals surface area contributed by atoms with Gasteiger partial charge >= 0.3 is 0 Å². The maximum absolute atomic E-state index is 14.8. The minimum absolute atomic E-state index is 0.0251. The summed E-state index contributed by atoms with van der Waals surface area (Å²) >= 11 is 0. The summed E-state index contributed by atoms with van der Waals surface area (Å²) in [5, 5.41) is 39.8. The number of Topliss-reactive ketones (excluding diaryl/α,β-unsaturated/α-hetero) is 2. The van der Waals surface area contributed by atoms with Gasteiger partial charge in [0.1, 0.15) is 17.6 Å². The number of carbonyl (C=O) groups excluding carboxylic acids is 2. The van der Waals surface area contributed by atoms with Crippen molar-refractivity contribution in [1.29, 1.82) is 0 Å². The predicted octanol–water partition coefficient (Wildman–Crippen LogP) is 6.99. The zero-order valence-corrected chi connectivity index (χ0v) is 34.0. The molecule has 0 amide bonds. The molecule has 6 aliphatic rings. The number of ketones is 2. The lowest BCUT2D eigenvalue weighted by atomic mass is 9.34. The van der Waals surface area contributed by atoms with Crippen molar-refractivity contribution in [2.24, 2.45) is 45.3 Å². The second-order valence-electron chi connectivity index (χ2n) is 20.1. The van der Waals surface area contributed by atoms with Gasteiger partial charge in [-0.05, 0) is 129 Å². The van der Waals surface area contributed by atoms with Crippen LogP contribution in [-0.4, -0.2) is 70.4 Å². The fourth-order valence-electron chi connectivity index (χ4n) is 14.0. The van der Waals surface area contributed by atoms with Crippen LogP contribution in [-0.2, 0) is 20.9 Å². The quantitative estimate of drug-likeness (QED) is 0.154. The zero-order valence-electron chi connectivity index (χ0n) is 34.0. The van der Waals surface area contributed by atoms with E-state index in [0.29, 0.717) is 38.3 Å². The summed E-state index contributed by atoms with van der Waals surface area (Å²) < 4.78 is 6.24. The van der Waals surface area contributed by atoms with Crippen LogP contribution in [0.3, 0.4) is 0 Å². The Kier molecular flexibility index (Phi) is 10.00. The smallest absolute Gasteiger partial charge is 0.159 e. The Morgan fingerprint density at radius 2 is 1.66 bits per heavy atom. The number of epoxide rings is 1. The summed E-state index contributed by atoms with van der Waals surface area (Å²) in [4.78, 5) is 29.1. The molecule has 8 heteroatoms. The van der Waals surface area contributed by atoms with Crippen molar-refractivity contribution in [1.82, 2.24) is 10.6 Å². The first-order valence-electron chi connectivity index (χ1n) is 20.9. The fourth-order valence-corrected chi connectivity index (χ4v) is 14.0. The molecule has 1 saturated heterocycles. The van der Waals surface area contributed by atoms with E-state index in [4.69, 9.17) is 4.74 Å². The minimum atomic E-state index is -0.666. The normalized spacial score (nSPS) is 41.2. The molecule has 0 aromatic heterocycles. The number of phenolic OH excluding ortho intramolecular Hbond substituents is 1. The van der Waals surface area contributed by atoms with Crippen molar-refractivity contribution in [3.8, 4) is 5.75 Å². The number of carbonyl (C=O) groups is 2. The summed E-state index contributed by atoms with van der Waals surface area (Å²) in [6, 6.07) is 5.62. The van der Waals surface area contributed by atoms with E-state index in [1.54, 1.807) is 19.1 Å². The molecule has 5 fully saturated rings. The third-order valence-corrected chi connectivity index (χ3v) is 16.4. The van der Waals surface area contributed by atoms with Gasteiger partial charge in [0.25, 0.3) is 0 Å². The summed E-state index contributed by atoms with van der Waals surface area (Å²) in [6.07, 6.45) is 7.83. The molecule has 1 heterocycles. The summed E-state index contributed by atoms with van der Waals surface area (Å²) in [7, 11) is 1.89. The number of hydrogen-bond acceptors (Lipinski definition) is 8. The zero-order chi connectivity index (χ0) is 38.5. The van der Waals surface area contributed by atoms with Crippen molar-refractivity contribution in [3.05, 3.63) is 40.5 Å². The van der Waals surface area contributed by atoms with E-state index >= 15 is 0 Å². The highest BCUT2D eigenvalue weighted by atomic mass is 16.6. The second-order valence-corrected chi connectivity index (χ2v) is 20.1. The van der Waals surface area contributed by atoms with Crippen LogP contribution in [0.25, 0.3) is 0 Å². The Labute approximate surface area is 318 Å². The highest BCUT2D eigenvalue weighted by Crippen LogP contribution is 2.75. The molecule has 1 aromatic carbocycles. The predicted molar refractivity (Wildman–Crippen MR) is 207 cm³/mol. The lowest BCUT2D eigenvalue weighted by Crippen LogP contribution is -2.69. The van der Waals surface area contributed by atoms with Crippen LogP contribution in [0.1, 0.15) is 137 Å². The van der Waals surface area contributed by atoms with Gasteiger partial charge in [0, 0.05) is 42.3 Å². The number of phenols is 1. The van der Waals surface area contributed by atoms with Crippen molar-refractivity contribution in [2.75, 3.05) is 13.6 Å². The number of hydrogen-bond donors (Lipinski definition) is 5. The van der Waals surface area contributed by atoms with Crippen LogP contribution < -0.4 is 10.6 Å². The Hall–Kier alpha value is -2.10. The van der Waals surface area contributed by atoms with Gasteiger partial charge in [0.15, 0.2) is 5.78 Å². The topological polar surface area (TPSA) is 131 Å². The lowest BCUT2D eigenvalue weighted by molar-refractivity contribution is -0.193. The maximum atomic E-state index is 14.8. The van der Waals surface area contributed by atoms with Gasteiger partial charge in [-0.2, -0.15) is 0 Å². The summed E-state index contributed by atoms with van der Waals surface area (Å²) in [5.74, 6) is 0.999. The average molecular weight is 733 g/mol. The van der Waals surface area contributed by atoms with Gasteiger partial charge in [-0.1, -0.05) is 66.0 Å². The molecule has 5 N–H and O–H groups in total. The molecule has 53 heavy (non-hydrogen) atoms.